The molecule has 0 heterocycles. The fourth-order valence-electron chi connectivity index (χ4n) is 1.13. The first-order valence-electron chi connectivity index (χ1n) is 5.61. The molecule has 0 amide bonds. The molecule has 0 saturated carbocycles. The molecule has 7 heteroatoms. The van der Waals surface area contributed by atoms with Gasteiger partial charge < -0.3 is 19.4 Å². The molecule has 1 N–H and O–H groups in total. The second kappa shape index (κ2) is 7.17. The number of carbonyl (C=O) groups excluding carboxylic acids is 2. The molecule has 0 rings (SSSR count). The van der Waals surface area contributed by atoms with E-state index in [0.717, 1.165) is 5.06 Å². The molecule has 0 spiro atoms. The SMILES string of the molecule is CCN(OC(=O)OC(C)(C)C)[C@@H](CO)C(=O)OC. The van der Waals surface area contributed by atoms with Crippen LogP contribution in [0.1, 0.15) is 27.7 Å². The zero-order chi connectivity index (χ0) is 14.3. The Morgan fingerprint density at radius 3 is 2.22 bits per heavy atom. The minimum absolute atomic E-state index is 0.208. The first-order valence-corrected chi connectivity index (χ1v) is 5.61. The summed E-state index contributed by atoms with van der Waals surface area (Å²) >= 11 is 0. The summed E-state index contributed by atoms with van der Waals surface area (Å²) in [5.41, 5.74) is -0.698. The number of aliphatic hydroxyl groups excluding tert-OH is 1. The van der Waals surface area contributed by atoms with Crippen molar-refractivity contribution in [2.45, 2.75) is 39.3 Å². The van der Waals surface area contributed by atoms with Crippen molar-refractivity contribution in [3.05, 3.63) is 0 Å². The van der Waals surface area contributed by atoms with E-state index in [-0.39, 0.29) is 6.54 Å². The van der Waals surface area contributed by atoms with E-state index < -0.39 is 30.4 Å². The number of likely N-dealkylation sites (N-methyl/N-ethyl adjacent to an activating group) is 1. The molecule has 106 valence electrons. The first-order chi connectivity index (χ1) is 8.25. The maximum Gasteiger partial charge on any atom is 0.528 e. The number of nitrogens with zero attached hydrogens (tertiary/aromatic N) is 1. The monoisotopic (exact) mass is 263 g/mol. The van der Waals surface area contributed by atoms with Crippen molar-refractivity contribution in [1.82, 2.24) is 5.06 Å². The van der Waals surface area contributed by atoms with Crippen LogP contribution in [0.3, 0.4) is 0 Å². The van der Waals surface area contributed by atoms with E-state index in [0.29, 0.717) is 0 Å². The number of aliphatic hydroxyl groups is 1. The fourth-order valence-corrected chi connectivity index (χ4v) is 1.13. The molecule has 0 aliphatic rings. The Labute approximate surface area is 107 Å². The second-order valence-electron chi connectivity index (χ2n) is 4.51. The summed E-state index contributed by atoms with van der Waals surface area (Å²) in [4.78, 5) is 27.7. The smallest absolute Gasteiger partial charge is 0.468 e. The minimum atomic E-state index is -1.06. The Morgan fingerprint density at radius 1 is 1.33 bits per heavy atom. The van der Waals surface area contributed by atoms with Gasteiger partial charge in [-0.1, -0.05) is 0 Å². The molecule has 7 nitrogen and oxygen atoms in total. The summed E-state index contributed by atoms with van der Waals surface area (Å²) in [6.07, 6.45) is -0.938. The van der Waals surface area contributed by atoms with Gasteiger partial charge in [0.15, 0.2) is 6.04 Å². The predicted molar refractivity (Wildman–Crippen MR) is 62.6 cm³/mol. The van der Waals surface area contributed by atoms with E-state index in [1.165, 1.54) is 7.11 Å². The quantitative estimate of drug-likeness (QED) is 0.577. The Kier molecular flexibility index (Phi) is 6.64. The van der Waals surface area contributed by atoms with E-state index >= 15 is 0 Å². The number of esters is 1. The summed E-state index contributed by atoms with van der Waals surface area (Å²) in [6, 6.07) is -1.06. The number of methoxy groups -OCH3 is 1. The molecule has 18 heavy (non-hydrogen) atoms. The third-order valence-corrected chi connectivity index (χ3v) is 1.89. The van der Waals surface area contributed by atoms with Gasteiger partial charge in [0.05, 0.1) is 13.7 Å². The van der Waals surface area contributed by atoms with E-state index in [2.05, 4.69) is 4.74 Å². The van der Waals surface area contributed by atoms with Crippen LogP contribution < -0.4 is 0 Å². The molecule has 0 aromatic rings. The summed E-state index contributed by atoms with van der Waals surface area (Å²) in [6.45, 7) is 6.41. The Hall–Kier alpha value is -1.34. The van der Waals surface area contributed by atoms with Crippen molar-refractivity contribution in [1.29, 1.82) is 0 Å². The summed E-state index contributed by atoms with van der Waals surface area (Å²) in [5.74, 6) is -0.692. The van der Waals surface area contributed by atoms with Gasteiger partial charge in [-0.3, -0.25) is 4.79 Å². The number of carbonyl (C=O) groups is 2. The van der Waals surface area contributed by atoms with Crippen molar-refractivity contribution in [3.63, 3.8) is 0 Å². The van der Waals surface area contributed by atoms with E-state index in [9.17, 15) is 9.59 Å². The van der Waals surface area contributed by atoms with Gasteiger partial charge in [0.2, 0.25) is 0 Å². The van der Waals surface area contributed by atoms with Crippen LogP contribution >= 0.6 is 0 Å². The maximum absolute atomic E-state index is 11.4. The van der Waals surface area contributed by atoms with E-state index in [1.807, 2.05) is 0 Å². The van der Waals surface area contributed by atoms with Crippen molar-refractivity contribution in [2.75, 3.05) is 20.3 Å². The van der Waals surface area contributed by atoms with Crippen LogP contribution in [-0.2, 0) is 19.1 Å². The van der Waals surface area contributed by atoms with Crippen LogP contribution in [0.25, 0.3) is 0 Å². The Bertz CT molecular complexity index is 286. The highest BCUT2D eigenvalue weighted by atomic mass is 16.8. The molecule has 0 saturated heterocycles. The largest absolute Gasteiger partial charge is 0.528 e. The molecular formula is C11H21NO6. The number of hydrogen-bond acceptors (Lipinski definition) is 7. The highest BCUT2D eigenvalue weighted by Crippen LogP contribution is 2.10. The van der Waals surface area contributed by atoms with Crippen molar-refractivity contribution in [3.8, 4) is 0 Å². The first kappa shape index (κ1) is 16.7. The van der Waals surface area contributed by atoms with E-state index in [1.54, 1.807) is 27.7 Å². The molecule has 0 aromatic carbocycles. The Morgan fingerprint density at radius 2 is 1.89 bits per heavy atom. The summed E-state index contributed by atoms with van der Waals surface area (Å²) < 4.78 is 9.44. The number of hydroxylamine groups is 2. The third kappa shape index (κ3) is 5.83. The lowest BCUT2D eigenvalue weighted by molar-refractivity contribution is -0.189. The summed E-state index contributed by atoms with van der Waals surface area (Å²) in [7, 11) is 1.19. The molecule has 0 aliphatic heterocycles. The number of hydrogen-bond donors (Lipinski definition) is 1. The molecule has 0 radical (unpaired) electrons. The van der Waals surface area contributed by atoms with Gasteiger partial charge in [0, 0.05) is 6.54 Å². The van der Waals surface area contributed by atoms with Crippen LogP contribution in [0.4, 0.5) is 4.79 Å². The number of rotatable bonds is 5. The second-order valence-corrected chi connectivity index (χ2v) is 4.51. The van der Waals surface area contributed by atoms with Crippen LogP contribution in [0.15, 0.2) is 0 Å². The van der Waals surface area contributed by atoms with Gasteiger partial charge in [-0.2, -0.15) is 0 Å². The number of ether oxygens (including phenoxy) is 2. The maximum atomic E-state index is 11.4. The summed E-state index contributed by atoms with van der Waals surface area (Å²) in [5, 5.41) is 10.1. The molecule has 0 fully saturated rings. The molecule has 1 atom stereocenters. The zero-order valence-corrected chi connectivity index (χ0v) is 11.4. The highest BCUT2D eigenvalue weighted by molar-refractivity contribution is 5.75. The average Bonchev–Trinajstić information content (AvgIpc) is 2.25. The lowest BCUT2D eigenvalue weighted by atomic mass is 10.2. The lowest BCUT2D eigenvalue weighted by Crippen LogP contribution is -2.46. The van der Waals surface area contributed by atoms with Gasteiger partial charge in [0.25, 0.3) is 0 Å². The van der Waals surface area contributed by atoms with Gasteiger partial charge in [0.1, 0.15) is 5.60 Å². The lowest BCUT2D eigenvalue weighted by Gasteiger charge is -2.27. The fraction of sp³-hybridized carbons (Fsp3) is 0.818. The molecular weight excluding hydrogens is 242 g/mol. The zero-order valence-electron chi connectivity index (χ0n) is 11.4. The highest BCUT2D eigenvalue weighted by Gasteiger charge is 2.30. The van der Waals surface area contributed by atoms with Crippen molar-refractivity contribution >= 4 is 12.1 Å². The molecule has 0 aromatic heterocycles. The van der Waals surface area contributed by atoms with Gasteiger partial charge in [-0.25, -0.2) is 4.79 Å². The normalized spacial score (nSPS) is 13.1. The molecule has 0 bridgehead atoms. The van der Waals surface area contributed by atoms with Gasteiger partial charge in [-0.15, -0.1) is 5.06 Å². The standard InChI is InChI=1S/C11H21NO6/c1-6-12(8(7-13)9(14)16-5)18-10(15)17-11(2,3)4/h8,13H,6-7H2,1-5H3/t8-/m0/s1. The average molecular weight is 263 g/mol. The predicted octanol–water partition coefficient (Wildman–Crippen LogP) is 0.709. The third-order valence-electron chi connectivity index (χ3n) is 1.89. The van der Waals surface area contributed by atoms with Crippen LogP contribution in [0.5, 0.6) is 0 Å². The van der Waals surface area contributed by atoms with Crippen molar-refractivity contribution in [2.24, 2.45) is 0 Å². The minimum Gasteiger partial charge on any atom is -0.468 e. The van der Waals surface area contributed by atoms with Crippen LogP contribution in [0.2, 0.25) is 0 Å². The van der Waals surface area contributed by atoms with Crippen LogP contribution in [-0.4, -0.2) is 54.2 Å². The van der Waals surface area contributed by atoms with Gasteiger partial charge in [-0.05, 0) is 27.7 Å². The topological polar surface area (TPSA) is 85.3 Å². The Balaban J connectivity index is 4.58. The van der Waals surface area contributed by atoms with Gasteiger partial charge >= 0.3 is 12.1 Å². The molecule has 0 aliphatic carbocycles. The van der Waals surface area contributed by atoms with Crippen molar-refractivity contribution < 1.29 is 29.0 Å². The van der Waals surface area contributed by atoms with Crippen LogP contribution in [0, 0.1) is 0 Å². The molecule has 0 unspecified atom stereocenters. The van der Waals surface area contributed by atoms with E-state index in [4.69, 9.17) is 14.7 Å².